The zero-order valence-corrected chi connectivity index (χ0v) is 7.02. The van der Waals surface area contributed by atoms with Gasteiger partial charge in [-0.15, -0.1) is 0 Å². The summed E-state index contributed by atoms with van der Waals surface area (Å²) < 4.78 is 17.7. The van der Waals surface area contributed by atoms with Crippen molar-refractivity contribution in [2.24, 2.45) is 0 Å². The molecule has 0 atom stereocenters. The van der Waals surface area contributed by atoms with Gasteiger partial charge in [0.2, 0.25) is 0 Å². The number of hydrogen-bond donors (Lipinski definition) is 2. The summed E-state index contributed by atoms with van der Waals surface area (Å²) in [5.74, 6) is 0.139. The lowest BCUT2D eigenvalue weighted by Crippen LogP contribution is -2.26. The summed E-state index contributed by atoms with van der Waals surface area (Å²) in [5.41, 5.74) is 1.33. The fraction of sp³-hybridized carbons (Fsp3) is 0.111. The molecule has 2 aliphatic heterocycles. The Morgan fingerprint density at radius 2 is 2.31 bits per heavy atom. The Morgan fingerprint density at radius 3 is 3.08 bits per heavy atom. The zero-order valence-electron chi connectivity index (χ0n) is 7.02. The third-order valence-electron chi connectivity index (χ3n) is 1.74. The molecule has 0 unspecified atom stereocenters. The minimum absolute atomic E-state index is 0.433. The quantitative estimate of drug-likeness (QED) is 0.631. The van der Waals surface area contributed by atoms with Crippen LogP contribution >= 0.6 is 0 Å². The maximum Gasteiger partial charge on any atom is 0.190 e. The van der Waals surface area contributed by atoms with Crippen molar-refractivity contribution in [1.82, 2.24) is 10.6 Å². The number of fused-ring (bicyclic) bond motifs is 1. The number of nitrogens with one attached hydrogen (secondary N) is 2. The van der Waals surface area contributed by atoms with Crippen molar-refractivity contribution in [3.8, 4) is 0 Å². The van der Waals surface area contributed by atoms with Crippen LogP contribution < -0.4 is 10.6 Å². The highest BCUT2D eigenvalue weighted by Crippen LogP contribution is 2.18. The summed E-state index contributed by atoms with van der Waals surface area (Å²) in [4.78, 5) is 0. The fourth-order valence-electron chi connectivity index (χ4n) is 1.11. The van der Waals surface area contributed by atoms with Crippen LogP contribution in [0.2, 0.25) is 0 Å². The van der Waals surface area contributed by atoms with Gasteiger partial charge in [-0.2, -0.15) is 0 Å². The summed E-state index contributed by atoms with van der Waals surface area (Å²) >= 11 is 0. The minimum atomic E-state index is -0.433. The second-order valence-corrected chi connectivity index (χ2v) is 2.58. The smallest absolute Gasteiger partial charge is 0.190 e. The van der Waals surface area contributed by atoms with Gasteiger partial charge < -0.3 is 15.4 Å². The molecule has 0 bridgehead atoms. The molecule has 0 aromatic carbocycles. The lowest BCUT2D eigenvalue weighted by Gasteiger charge is -2.21. The van der Waals surface area contributed by atoms with Crippen molar-refractivity contribution in [2.75, 3.05) is 7.11 Å². The molecule has 13 heavy (non-hydrogen) atoms. The van der Waals surface area contributed by atoms with Crippen LogP contribution in [0.3, 0.4) is 0 Å². The second kappa shape index (κ2) is 2.97. The standard InChI is InChI=1S/C9H8FN2O/c1-13-9-3-2-7-8(12-9)4-6(10)5-11-7/h2-3,5,11-12H,1H3. The monoisotopic (exact) mass is 179 g/mol. The fourth-order valence-corrected chi connectivity index (χ4v) is 1.11. The SMILES string of the molecule is COC1=CC=C2NC=C(F)[C]=C2N1. The molecule has 0 fully saturated rings. The van der Waals surface area contributed by atoms with Gasteiger partial charge in [-0.3, -0.25) is 0 Å². The van der Waals surface area contributed by atoms with Crippen LogP contribution in [0.1, 0.15) is 0 Å². The number of dihydropyridines is 2. The number of allylic oxidation sites excluding steroid dienone is 4. The van der Waals surface area contributed by atoms with Gasteiger partial charge in [-0.05, 0) is 6.08 Å². The van der Waals surface area contributed by atoms with Crippen molar-refractivity contribution >= 4 is 0 Å². The maximum absolute atomic E-state index is 12.7. The molecule has 2 aliphatic rings. The van der Waals surface area contributed by atoms with E-state index in [4.69, 9.17) is 4.74 Å². The molecule has 1 radical (unpaired) electrons. The van der Waals surface area contributed by atoms with Gasteiger partial charge >= 0.3 is 0 Å². The van der Waals surface area contributed by atoms with Crippen molar-refractivity contribution < 1.29 is 9.13 Å². The Bertz CT molecular complexity index is 353. The molecule has 0 spiro atoms. The zero-order chi connectivity index (χ0) is 9.26. The van der Waals surface area contributed by atoms with E-state index in [1.807, 2.05) is 0 Å². The van der Waals surface area contributed by atoms with Gasteiger partial charge in [0.15, 0.2) is 5.88 Å². The van der Waals surface area contributed by atoms with E-state index in [9.17, 15) is 4.39 Å². The van der Waals surface area contributed by atoms with Gasteiger partial charge in [0, 0.05) is 18.4 Å². The molecule has 2 N–H and O–H groups in total. The molecular weight excluding hydrogens is 171 g/mol. The molecule has 0 aromatic heterocycles. The van der Waals surface area contributed by atoms with Crippen LogP contribution in [-0.2, 0) is 4.74 Å². The van der Waals surface area contributed by atoms with E-state index in [0.29, 0.717) is 11.6 Å². The van der Waals surface area contributed by atoms with Crippen LogP contribution in [0.15, 0.2) is 41.5 Å². The van der Waals surface area contributed by atoms with Crippen LogP contribution in [0.5, 0.6) is 0 Å². The first-order valence-corrected chi connectivity index (χ1v) is 3.79. The third-order valence-corrected chi connectivity index (χ3v) is 1.74. The van der Waals surface area contributed by atoms with Crippen LogP contribution in [0.4, 0.5) is 4.39 Å². The Kier molecular flexibility index (Phi) is 1.81. The van der Waals surface area contributed by atoms with E-state index in [1.165, 1.54) is 6.20 Å². The number of halogens is 1. The Balaban J connectivity index is 2.29. The van der Waals surface area contributed by atoms with Gasteiger partial charge in [0.25, 0.3) is 0 Å². The molecule has 2 rings (SSSR count). The van der Waals surface area contributed by atoms with Crippen LogP contribution in [0.25, 0.3) is 0 Å². The van der Waals surface area contributed by atoms with Gasteiger partial charge in [-0.1, -0.05) is 0 Å². The van der Waals surface area contributed by atoms with Gasteiger partial charge in [0.1, 0.15) is 5.83 Å². The topological polar surface area (TPSA) is 33.3 Å². The lowest BCUT2D eigenvalue weighted by molar-refractivity contribution is 0.268. The largest absolute Gasteiger partial charge is 0.482 e. The first-order chi connectivity index (χ1) is 6.29. The predicted octanol–water partition coefficient (Wildman–Crippen LogP) is 1.06. The summed E-state index contributed by atoms with van der Waals surface area (Å²) in [5, 5.41) is 5.65. The maximum atomic E-state index is 12.7. The molecule has 0 aromatic rings. The van der Waals surface area contributed by atoms with Crippen molar-refractivity contribution in [3.05, 3.63) is 47.5 Å². The van der Waals surface area contributed by atoms with Crippen molar-refractivity contribution in [2.45, 2.75) is 0 Å². The highest BCUT2D eigenvalue weighted by atomic mass is 19.1. The first-order valence-electron chi connectivity index (χ1n) is 3.79. The summed E-state index contributed by atoms with van der Waals surface area (Å²) in [6.07, 6.45) is 7.33. The Hall–Kier alpha value is -1.71. The first kappa shape index (κ1) is 7.91. The molecule has 3 nitrogen and oxygen atoms in total. The van der Waals surface area contributed by atoms with Crippen molar-refractivity contribution in [3.63, 3.8) is 0 Å². The second-order valence-electron chi connectivity index (χ2n) is 2.58. The highest BCUT2D eigenvalue weighted by molar-refractivity contribution is 5.41. The Labute approximate surface area is 75.3 Å². The summed E-state index contributed by atoms with van der Waals surface area (Å²) in [6, 6.07) is 0. The predicted molar refractivity (Wildman–Crippen MR) is 45.4 cm³/mol. The van der Waals surface area contributed by atoms with E-state index in [1.54, 1.807) is 19.3 Å². The minimum Gasteiger partial charge on any atom is -0.482 e. The summed E-state index contributed by atoms with van der Waals surface area (Å²) in [6.45, 7) is 0. The summed E-state index contributed by atoms with van der Waals surface area (Å²) in [7, 11) is 1.54. The normalized spacial score (nSPS) is 19.5. The molecule has 0 saturated carbocycles. The molecule has 0 aliphatic carbocycles. The van der Waals surface area contributed by atoms with E-state index in [0.717, 1.165) is 5.70 Å². The van der Waals surface area contributed by atoms with Crippen molar-refractivity contribution in [1.29, 1.82) is 0 Å². The van der Waals surface area contributed by atoms with E-state index < -0.39 is 5.83 Å². The number of methoxy groups -OCH3 is 1. The molecular formula is C9H8FN2O. The van der Waals surface area contributed by atoms with E-state index in [2.05, 4.69) is 16.7 Å². The molecule has 0 amide bonds. The average molecular weight is 179 g/mol. The van der Waals surface area contributed by atoms with Crippen LogP contribution in [-0.4, -0.2) is 7.11 Å². The number of ether oxygens (including phenoxy) is 1. The molecule has 67 valence electrons. The molecule has 4 heteroatoms. The molecule has 0 saturated heterocycles. The average Bonchev–Trinajstić information content (AvgIpc) is 2.16. The van der Waals surface area contributed by atoms with Crippen LogP contribution in [0, 0.1) is 6.08 Å². The molecule has 2 heterocycles. The lowest BCUT2D eigenvalue weighted by atomic mass is 10.2. The number of rotatable bonds is 1. The Morgan fingerprint density at radius 1 is 1.46 bits per heavy atom. The highest BCUT2D eigenvalue weighted by Gasteiger charge is 2.15. The van der Waals surface area contributed by atoms with Gasteiger partial charge in [0.05, 0.1) is 18.5 Å². The van der Waals surface area contributed by atoms with Gasteiger partial charge in [-0.25, -0.2) is 4.39 Å². The third kappa shape index (κ3) is 1.42. The van der Waals surface area contributed by atoms with E-state index in [-0.39, 0.29) is 0 Å². The van der Waals surface area contributed by atoms with E-state index >= 15 is 0 Å². The number of hydrogen-bond acceptors (Lipinski definition) is 3.